The van der Waals surface area contributed by atoms with Gasteiger partial charge in [-0.05, 0) is 25.2 Å². The molecule has 2 N–H and O–H groups in total. The molecule has 1 aliphatic carbocycles. The van der Waals surface area contributed by atoms with E-state index in [0.717, 1.165) is 36.3 Å². The van der Waals surface area contributed by atoms with Crippen LogP contribution in [0.15, 0.2) is 12.1 Å². The van der Waals surface area contributed by atoms with Crippen LogP contribution in [0, 0.1) is 24.2 Å². The van der Waals surface area contributed by atoms with Gasteiger partial charge in [0.05, 0.1) is 5.69 Å². The average molecular weight is 423 g/mol. The highest BCUT2D eigenvalue weighted by molar-refractivity contribution is 7.13. The van der Waals surface area contributed by atoms with Gasteiger partial charge < -0.3 is 5.32 Å². The van der Waals surface area contributed by atoms with Gasteiger partial charge in [0.25, 0.3) is 5.91 Å². The quantitative estimate of drug-likeness (QED) is 0.421. The SMILES string of the molecule is Cc1sc(C(=O)N(C=O)Nc2cc(F)nc(F)c2)nc1C(=O)NC1CCC1(C)C. The number of rotatable bonds is 6. The Morgan fingerprint density at radius 3 is 2.45 bits per heavy atom. The first kappa shape index (κ1) is 20.8. The maximum absolute atomic E-state index is 13.2. The zero-order valence-electron chi connectivity index (χ0n) is 16.0. The number of nitrogens with zero attached hydrogens (tertiary/aromatic N) is 3. The van der Waals surface area contributed by atoms with Crippen LogP contribution in [0.1, 0.15) is 51.9 Å². The fraction of sp³-hybridized carbons (Fsp3) is 0.389. The Kier molecular flexibility index (Phi) is 5.60. The van der Waals surface area contributed by atoms with E-state index in [2.05, 4.69) is 34.6 Å². The summed E-state index contributed by atoms with van der Waals surface area (Å²) >= 11 is 0.941. The van der Waals surface area contributed by atoms with Crippen molar-refractivity contribution >= 4 is 35.2 Å². The number of hydrogen-bond donors (Lipinski definition) is 2. The van der Waals surface area contributed by atoms with E-state index < -0.39 is 17.8 Å². The lowest BCUT2D eigenvalue weighted by Gasteiger charge is -2.44. The molecule has 0 aliphatic heterocycles. The van der Waals surface area contributed by atoms with E-state index in [9.17, 15) is 23.2 Å². The lowest BCUT2D eigenvalue weighted by molar-refractivity contribution is -0.115. The summed E-state index contributed by atoms with van der Waals surface area (Å²) in [6.07, 6.45) is 2.02. The average Bonchev–Trinajstić information content (AvgIpc) is 3.03. The Morgan fingerprint density at radius 1 is 1.28 bits per heavy atom. The van der Waals surface area contributed by atoms with Gasteiger partial charge in [0.15, 0.2) is 5.01 Å². The van der Waals surface area contributed by atoms with Gasteiger partial charge in [-0.2, -0.15) is 18.8 Å². The molecule has 3 amide bonds. The minimum Gasteiger partial charge on any atom is -0.347 e. The van der Waals surface area contributed by atoms with Crippen LogP contribution in [0.25, 0.3) is 0 Å². The molecule has 1 saturated carbocycles. The highest BCUT2D eigenvalue weighted by Gasteiger charge is 2.40. The second-order valence-electron chi connectivity index (χ2n) is 7.37. The van der Waals surface area contributed by atoms with Crippen molar-refractivity contribution in [1.82, 2.24) is 20.3 Å². The van der Waals surface area contributed by atoms with Crippen LogP contribution in [-0.2, 0) is 4.79 Å². The van der Waals surface area contributed by atoms with Crippen LogP contribution < -0.4 is 10.7 Å². The van der Waals surface area contributed by atoms with Gasteiger partial charge in [-0.1, -0.05) is 13.8 Å². The summed E-state index contributed by atoms with van der Waals surface area (Å²) in [7, 11) is 0. The fourth-order valence-electron chi connectivity index (χ4n) is 2.96. The van der Waals surface area contributed by atoms with Crippen molar-refractivity contribution in [2.24, 2.45) is 5.41 Å². The summed E-state index contributed by atoms with van der Waals surface area (Å²) in [5.41, 5.74) is 2.21. The highest BCUT2D eigenvalue weighted by Crippen LogP contribution is 2.40. The minimum atomic E-state index is -1.12. The highest BCUT2D eigenvalue weighted by atomic mass is 32.1. The Hall–Kier alpha value is -2.95. The standard InChI is InChI=1S/C18H19F2N5O3S/c1-9-14(15(27)21-11-4-5-18(11,2)3)23-16(29-9)17(28)25(8-26)24-10-6-12(19)22-13(20)7-10/h6-8,11H,4-5H2,1-3H3,(H,21,27)(H,22,24). The molecule has 1 aliphatic rings. The topological polar surface area (TPSA) is 104 Å². The summed E-state index contributed by atoms with van der Waals surface area (Å²) in [4.78, 5) is 43.9. The first-order chi connectivity index (χ1) is 13.6. The molecule has 2 aromatic rings. The van der Waals surface area contributed by atoms with Gasteiger partial charge in [0.2, 0.25) is 18.3 Å². The number of amides is 3. The van der Waals surface area contributed by atoms with E-state index in [1.807, 2.05) is 0 Å². The molecule has 0 saturated heterocycles. The van der Waals surface area contributed by atoms with Crippen molar-refractivity contribution in [3.8, 4) is 0 Å². The van der Waals surface area contributed by atoms with E-state index in [0.29, 0.717) is 9.89 Å². The number of nitrogens with one attached hydrogen (secondary N) is 2. The van der Waals surface area contributed by atoms with Gasteiger partial charge in [-0.25, -0.2) is 4.98 Å². The van der Waals surface area contributed by atoms with Gasteiger partial charge in [0, 0.05) is 23.1 Å². The second kappa shape index (κ2) is 7.82. The molecular formula is C18H19F2N5O3S. The third-order valence-corrected chi connectivity index (χ3v) is 5.82. The molecule has 0 radical (unpaired) electrons. The monoisotopic (exact) mass is 423 g/mol. The van der Waals surface area contributed by atoms with Gasteiger partial charge in [-0.3, -0.25) is 19.8 Å². The van der Waals surface area contributed by atoms with E-state index >= 15 is 0 Å². The molecule has 0 bridgehead atoms. The number of aromatic nitrogens is 2. The summed E-state index contributed by atoms with van der Waals surface area (Å²) < 4.78 is 26.4. The van der Waals surface area contributed by atoms with Gasteiger partial charge in [-0.15, -0.1) is 11.3 Å². The summed E-state index contributed by atoms with van der Waals surface area (Å²) in [5.74, 6) is -3.49. The fourth-order valence-corrected chi connectivity index (χ4v) is 3.80. The molecule has 3 rings (SSSR count). The van der Waals surface area contributed by atoms with Crippen LogP contribution in [0.3, 0.4) is 0 Å². The first-order valence-corrected chi connectivity index (χ1v) is 9.59. The van der Waals surface area contributed by atoms with E-state index in [-0.39, 0.29) is 40.2 Å². The lowest BCUT2D eigenvalue weighted by atomic mass is 9.67. The summed E-state index contributed by atoms with van der Waals surface area (Å²) in [5, 5.41) is 3.29. The zero-order valence-corrected chi connectivity index (χ0v) is 16.8. The molecule has 0 aromatic carbocycles. The number of halogens is 2. The lowest BCUT2D eigenvalue weighted by Crippen LogP contribution is -2.52. The van der Waals surface area contributed by atoms with Crippen LogP contribution in [-0.4, -0.2) is 39.2 Å². The molecule has 0 spiro atoms. The predicted octanol–water partition coefficient (Wildman–Crippen LogP) is 2.67. The molecular weight excluding hydrogens is 404 g/mol. The number of hydrazine groups is 1. The number of aryl methyl sites for hydroxylation is 1. The summed E-state index contributed by atoms with van der Waals surface area (Å²) in [6, 6.07) is 1.66. The Bertz CT molecular complexity index is 958. The molecule has 29 heavy (non-hydrogen) atoms. The number of carbonyl (C=O) groups is 3. The van der Waals surface area contributed by atoms with Crippen molar-refractivity contribution in [3.05, 3.63) is 39.6 Å². The van der Waals surface area contributed by atoms with Crippen molar-refractivity contribution < 1.29 is 23.2 Å². The number of carbonyl (C=O) groups excluding carboxylic acids is 3. The van der Waals surface area contributed by atoms with Gasteiger partial charge >= 0.3 is 5.91 Å². The second-order valence-corrected chi connectivity index (χ2v) is 8.57. The Labute approximate surface area is 169 Å². The molecule has 154 valence electrons. The number of hydrogen-bond acceptors (Lipinski definition) is 7. The maximum Gasteiger partial charge on any atom is 0.308 e. The molecule has 1 fully saturated rings. The number of anilines is 1. The largest absolute Gasteiger partial charge is 0.347 e. The van der Waals surface area contributed by atoms with Gasteiger partial charge in [0.1, 0.15) is 5.69 Å². The summed E-state index contributed by atoms with van der Waals surface area (Å²) in [6.45, 7) is 5.76. The molecule has 8 nitrogen and oxygen atoms in total. The zero-order chi connectivity index (χ0) is 21.3. The third-order valence-electron chi connectivity index (χ3n) is 4.86. The molecule has 1 atom stereocenters. The normalized spacial score (nSPS) is 17.2. The van der Waals surface area contributed by atoms with E-state index in [4.69, 9.17) is 0 Å². The predicted molar refractivity (Wildman–Crippen MR) is 101 cm³/mol. The van der Waals surface area contributed by atoms with Crippen molar-refractivity contribution in [3.63, 3.8) is 0 Å². The number of pyridine rings is 1. The van der Waals surface area contributed by atoms with E-state index in [1.54, 1.807) is 6.92 Å². The molecule has 2 heterocycles. The van der Waals surface area contributed by atoms with Crippen molar-refractivity contribution in [2.75, 3.05) is 5.43 Å². The van der Waals surface area contributed by atoms with Crippen LogP contribution in [0.2, 0.25) is 0 Å². The first-order valence-electron chi connectivity index (χ1n) is 8.77. The molecule has 2 aromatic heterocycles. The van der Waals surface area contributed by atoms with Crippen LogP contribution in [0.4, 0.5) is 14.5 Å². The third kappa shape index (κ3) is 4.39. The minimum absolute atomic E-state index is 0.00552. The Balaban J connectivity index is 1.75. The van der Waals surface area contributed by atoms with Crippen LogP contribution >= 0.6 is 11.3 Å². The van der Waals surface area contributed by atoms with Crippen molar-refractivity contribution in [2.45, 2.75) is 39.7 Å². The van der Waals surface area contributed by atoms with Crippen LogP contribution in [0.5, 0.6) is 0 Å². The number of thiazole rings is 1. The smallest absolute Gasteiger partial charge is 0.308 e. The molecule has 11 heteroatoms. The maximum atomic E-state index is 13.2. The number of imide groups is 1. The molecule has 1 unspecified atom stereocenters. The van der Waals surface area contributed by atoms with Crippen molar-refractivity contribution in [1.29, 1.82) is 0 Å². The Morgan fingerprint density at radius 2 is 1.93 bits per heavy atom. The van der Waals surface area contributed by atoms with E-state index in [1.165, 1.54) is 0 Å².